The maximum absolute atomic E-state index is 13.3. The third-order valence-electron chi connectivity index (χ3n) is 4.63. The zero-order chi connectivity index (χ0) is 22.8. The van der Waals surface area contributed by atoms with Crippen LogP contribution in [0.15, 0.2) is 46.5 Å². The Morgan fingerprint density at radius 3 is 2.88 bits per heavy atom. The minimum atomic E-state index is -0.224. The van der Waals surface area contributed by atoms with Gasteiger partial charge in [-0.05, 0) is 36.2 Å². The van der Waals surface area contributed by atoms with Crippen LogP contribution in [0, 0.1) is 5.92 Å². The van der Waals surface area contributed by atoms with Crippen LogP contribution in [-0.2, 0) is 11.3 Å². The molecule has 0 radical (unpaired) electrons. The number of ether oxygens (including phenoxy) is 1. The van der Waals surface area contributed by atoms with E-state index in [0.717, 1.165) is 10.2 Å². The van der Waals surface area contributed by atoms with E-state index in [9.17, 15) is 9.59 Å². The fourth-order valence-corrected chi connectivity index (χ4v) is 5.34. The molecule has 0 aliphatic heterocycles. The van der Waals surface area contributed by atoms with Crippen LogP contribution in [0.2, 0.25) is 5.02 Å². The van der Waals surface area contributed by atoms with E-state index in [1.54, 1.807) is 29.0 Å². The maximum atomic E-state index is 13.3. The molecule has 4 rings (SSSR count). The smallest absolute Gasteiger partial charge is 0.272 e. The van der Waals surface area contributed by atoms with E-state index in [-0.39, 0.29) is 23.1 Å². The van der Waals surface area contributed by atoms with Crippen molar-refractivity contribution in [3.8, 4) is 5.75 Å². The molecule has 4 aromatic rings. The lowest BCUT2D eigenvalue weighted by Gasteiger charge is -2.14. The number of hydrogen-bond acceptors (Lipinski definition) is 7. The van der Waals surface area contributed by atoms with Gasteiger partial charge in [-0.1, -0.05) is 37.2 Å². The van der Waals surface area contributed by atoms with Crippen LogP contribution in [-0.4, -0.2) is 33.3 Å². The number of fused-ring (bicyclic) bond motifs is 3. The zero-order valence-electron chi connectivity index (χ0n) is 17.7. The van der Waals surface area contributed by atoms with Gasteiger partial charge in [-0.25, -0.2) is 9.97 Å². The number of thioether (sulfide) groups is 1. The van der Waals surface area contributed by atoms with Gasteiger partial charge in [-0.15, -0.1) is 11.3 Å². The second-order valence-electron chi connectivity index (χ2n) is 7.53. The second kappa shape index (κ2) is 9.48. The van der Waals surface area contributed by atoms with Crippen molar-refractivity contribution >= 4 is 66.7 Å². The predicted molar refractivity (Wildman–Crippen MR) is 131 cm³/mol. The Kier molecular flexibility index (Phi) is 6.68. The van der Waals surface area contributed by atoms with Crippen LogP contribution in [0.25, 0.3) is 20.4 Å². The molecule has 0 spiro atoms. The number of halogens is 1. The standard InChI is InChI=1S/C22H21ClN4O3S2/c1-12(2)10-27-21(29)19-18(14-5-4-8-24-20(14)32-19)26-22(27)31-11-17(28)25-13-6-7-16(30-3)15(23)9-13/h4-9,12H,10-11H2,1-3H3,(H,25,28). The van der Waals surface area contributed by atoms with Crippen LogP contribution in [0.5, 0.6) is 5.75 Å². The number of benzene rings is 1. The van der Waals surface area contributed by atoms with Crippen molar-refractivity contribution in [2.45, 2.75) is 25.5 Å². The number of aromatic nitrogens is 3. The normalized spacial score (nSPS) is 11.4. The van der Waals surface area contributed by atoms with Crippen molar-refractivity contribution in [1.29, 1.82) is 0 Å². The largest absolute Gasteiger partial charge is 0.495 e. The van der Waals surface area contributed by atoms with Crippen LogP contribution < -0.4 is 15.6 Å². The number of anilines is 1. The molecule has 0 unspecified atom stereocenters. The lowest BCUT2D eigenvalue weighted by atomic mass is 10.2. The first-order valence-corrected chi connectivity index (χ1v) is 12.1. The van der Waals surface area contributed by atoms with Gasteiger partial charge in [-0.2, -0.15) is 0 Å². The molecule has 0 bridgehead atoms. The summed E-state index contributed by atoms with van der Waals surface area (Å²) in [5.41, 5.74) is 1.10. The van der Waals surface area contributed by atoms with Crippen LogP contribution in [0.1, 0.15) is 13.8 Å². The summed E-state index contributed by atoms with van der Waals surface area (Å²) in [5, 5.41) is 4.59. The van der Waals surface area contributed by atoms with Crippen LogP contribution in [0.4, 0.5) is 5.69 Å². The molecule has 1 N–H and O–H groups in total. The average molecular weight is 489 g/mol. The molecule has 3 aromatic heterocycles. The van der Waals surface area contributed by atoms with Gasteiger partial charge in [0.2, 0.25) is 5.91 Å². The quantitative estimate of drug-likeness (QED) is 0.289. The second-order valence-corrected chi connectivity index (χ2v) is 9.87. The Morgan fingerprint density at radius 1 is 1.34 bits per heavy atom. The molecular formula is C22H21ClN4O3S2. The van der Waals surface area contributed by atoms with E-state index >= 15 is 0 Å². The molecule has 7 nitrogen and oxygen atoms in total. The summed E-state index contributed by atoms with van der Waals surface area (Å²) in [6.45, 7) is 4.59. The molecule has 1 amide bonds. The number of amides is 1. The zero-order valence-corrected chi connectivity index (χ0v) is 20.1. The number of rotatable bonds is 7. The Morgan fingerprint density at radius 2 is 2.16 bits per heavy atom. The minimum absolute atomic E-state index is 0.0972. The number of carbonyl (C=O) groups is 1. The van der Waals surface area contributed by atoms with Gasteiger partial charge in [0.25, 0.3) is 5.56 Å². The molecule has 0 aliphatic carbocycles. The first-order chi connectivity index (χ1) is 15.4. The van der Waals surface area contributed by atoms with E-state index in [0.29, 0.717) is 38.4 Å². The Hall–Kier alpha value is -2.62. The van der Waals surface area contributed by atoms with Crippen molar-refractivity contribution < 1.29 is 9.53 Å². The Bertz CT molecular complexity index is 1370. The molecule has 166 valence electrons. The summed E-state index contributed by atoms with van der Waals surface area (Å²) in [7, 11) is 1.53. The molecule has 0 saturated carbocycles. The van der Waals surface area contributed by atoms with Gasteiger partial charge in [0.05, 0.1) is 23.4 Å². The van der Waals surface area contributed by atoms with Crippen LogP contribution in [0.3, 0.4) is 0 Å². The molecular weight excluding hydrogens is 468 g/mol. The molecule has 0 aliphatic rings. The van der Waals surface area contributed by atoms with E-state index < -0.39 is 0 Å². The summed E-state index contributed by atoms with van der Waals surface area (Å²) < 4.78 is 7.37. The lowest BCUT2D eigenvalue weighted by Crippen LogP contribution is -2.25. The topological polar surface area (TPSA) is 86.1 Å². The van der Waals surface area contributed by atoms with Crippen molar-refractivity contribution in [2.24, 2.45) is 5.92 Å². The van der Waals surface area contributed by atoms with Crippen molar-refractivity contribution in [3.05, 3.63) is 51.9 Å². The van der Waals surface area contributed by atoms with Crippen molar-refractivity contribution in [3.63, 3.8) is 0 Å². The molecule has 0 saturated heterocycles. The molecule has 0 fully saturated rings. The maximum Gasteiger partial charge on any atom is 0.272 e. The number of nitrogens with zero attached hydrogens (tertiary/aromatic N) is 3. The van der Waals surface area contributed by atoms with Crippen molar-refractivity contribution in [2.75, 3.05) is 18.2 Å². The van der Waals surface area contributed by atoms with Gasteiger partial charge in [0.15, 0.2) is 5.16 Å². The van der Waals surface area contributed by atoms with Crippen LogP contribution >= 0.6 is 34.7 Å². The van der Waals surface area contributed by atoms with Gasteiger partial charge in [0.1, 0.15) is 15.3 Å². The van der Waals surface area contributed by atoms with E-state index in [1.807, 2.05) is 26.0 Å². The lowest BCUT2D eigenvalue weighted by molar-refractivity contribution is -0.113. The van der Waals surface area contributed by atoms with Crippen molar-refractivity contribution in [1.82, 2.24) is 14.5 Å². The number of nitrogens with one attached hydrogen (secondary N) is 1. The summed E-state index contributed by atoms with van der Waals surface area (Å²) in [6.07, 6.45) is 1.70. The molecule has 0 atom stereocenters. The highest BCUT2D eigenvalue weighted by atomic mass is 35.5. The summed E-state index contributed by atoms with van der Waals surface area (Å²) in [4.78, 5) is 35.7. The summed E-state index contributed by atoms with van der Waals surface area (Å²) >= 11 is 8.72. The highest BCUT2D eigenvalue weighted by Crippen LogP contribution is 2.31. The van der Waals surface area contributed by atoms with E-state index in [1.165, 1.54) is 30.2 Å². The molecule has 1 aromatic carbocycles. The molecule has 3 heterocycles. The highest BCUT2D eigenvalue weighted by molar-refractivity contribution is 7.99. The monoisotopic (exact) mass is 488 g/mol. The van der Waals surface area contributed by atoms with E-state index in [2.05, 4.69) is 10.3 Å². The first-order valence-electron chi connectivity index (χ1n) is 9.91. The third kappa shape index (κ3) is 4.60. The summed E-state index contributed by atoms with van der Waals surface area (Å²) in [6, 6.07) is 8.78. The highest BCUT2D eigenvalue weighted by Gasteiger charge is 2.18. The minimum Gasteiger partial charge on any atom is -0.495 e. The van der Waals surface area contributed by atoms with Gasteiger partial charge >= 0.3 is 0 Å². The third-order valence-corrected chi connectivity index (χ3v) is 7.00. The van der Waals surface area contributed by atoms with Gasteiger partial charge in [0, 0.05) is 23.8 Å². The fourth-order valence-electron chi connectivity index (χ4n) is 3.25. The predicted octanol–water partition coefficient (Wildman–Crippen LogP) is 5.06. The Labute approximate surface area is 197 Å². The Balaban J connectivity index is 1.62. The van der Waals surface area contributed by atoms with Gasteiger partial charge in [-0.3, -0.25) is 14.2 Å². The number of carbonyl (C=O) groups excluding carboxylic acids is 1. The average Bonchev–Trinajstić information content (AvgIpc) is 3.13. The van der Waals surface area contributed by atoms with E-state index in [4.69, 9.17) is 21.3 Å². The van der Waals surface area contributed by atoms with Gasteiger partial charge < -0.3 is 10.1 Å². The SMILES string of the molecule is COc1ccc(NC(=O)CSc2nc3c(sc4ncccc43)c(=O)n2CC(C)C)cc1Cl. The number of methoxy groups -OCH3 is 1. The number of hydrogen-bond donors (Lipinski definition) is 1. The number of pyridine rings is 1. The molecule has 10 heteroatoms. The molecule has 32 heavy (non-hydrogen) atoms. The summed E-state index contributed by atoms with van der Waals surface area (Å²) in [5.74, 6) is 0.652. The first kappa shape index (κ1) is 22.6. The fraction of sp³-hybridized carbons (Fsp3) is 0.273. The number of thiophene rings is 1.